The van der Waals surface area contributed by atoms with Crippen molar-refractivity contribution in [3.63, 3.8) is 0 Å². The van der Waals surface area contributed by atoms with Crippen LogP contribution in [0, 0.1) is 0 Å². The van der Waals surface area contributed by atoms with E-state index in [0.717, 1.165) is 33.4 Å². The highest BCUT2D eigenvalue weighted by molar-refractivity contribution is 6.10. The molecule has 0 spiro atoms. The number of nitrogens with one attached hydrogen (secondary N) is 1. The van der Waals surface area contributed by atoms with Gasteiger partial charge in [0.1, 0.15) is 23.6 Å². The smallest absolute Gasteiger partial charge is 0.274 e. The minimum atomic E-state index is -0.0465. The van der Waals surface area contributed by atoms with E-state index in [1.54, 1.807) is 24.9 Å². The topological polar surface area (TPSA) is 56.2 Å². The highest BCUT2D eigenvalue weighted by Gasteiger charge is 2.12. The molecule has 0 aliphatic heterocycles. The van der Waals surface area contributed by atoms with Crippen LogP contribution in [0.5, 0.6) is 11.5 Å². The molecule has 5 nitrogen and oxygen atoms in total. The Hall–Kier alpha value is -3.21. The molecule has 4 aromatic rings. The molecular formula is C20H18N2O3. The standard InChI is InChI=1S/C20H18N2O3/c1-22-11-10-15-18-16(21-19(15)20(22)23)4-3-5-17(18)25-12-13-6-8-14(24-2)9-7-13/h3-11,21H,12H2,1-2H3. The van der Waals surface area contributed by atoms with E-state index >= 15 is 0 Å². The maximum absolute atomic E-state index is 12.3. The van der Waals surface area contributed by atoms with Crippen molar-refractivity contribution in [3.05, 3.63) is 70.6 Å². The number of aryl methyl sites for hydroxylation is 1. The lowest BCUT2D eigenvalue weighted by molar-refractivity contribution is 0.310. The summed E-state index contributed by atoms with van der Waals surface area (Å²) in [6.45, 7) is 0.445. The second-order valence-electron chi connectivity index (χ2n) is 5.96. The maximum Gasteiger partial charge on any atom is 0.274 e. The summed E-state index contributed by atoms with van der Waals surface area (Å²) >= 11 is 0. The minimum absolute atomic E-state index is 0.0465. The third-order valence-corrected chi connectivity index (χ3v) is 4.38. The zero-order valence-electron chi connectivity index (χ0n) is 14.1. The number of benzene rings is 2. The van der Waals surface area contributed by atoms with Gasteiger partial charge < -0.3 is 19.0 Å². The minimum Gasteiger partial charge on any atom is -0.497 e. The summed E-state index contributed by atoms with van der Waals surface area (Å²) in [5.74, 6) is 1.58. The Kier molecular flexibility index (Phi) is 3.69. The molecule has 0 amide bonds. The number of ether oxygens (including phenoxy) is 2. The molecule has 0 bridgehead atoms. The number of aromatic amines is 1. The van der Waals surface area contributed by atoms with Crippen molar-refractivity contribution >= 4 is 21.8 Å². The van der Waals surface area contributed by atoms with E-state index in [9.17, 15) is 4.79 Å². The Labute approximate surface area is 144 Å². The van der Waals surface area contributed by atoms with Gasteiger partial charge in [-0.1, -0.05) is 18.2 Å². The van der Waals surface area contributed by atoms with Gasteiger partial charge in [-0.15, -0.1) is 0 Å². The molecular weight excluding hydrogens is 316 g/mol. The Bertz CT molecular complexity index is 1110. The lowest BCUT2D eigenvalue weighted by Crippen LogP contribution is -2.15. The first kappa shape index (κ1) is 15.3. The van der Waals surface area contributed by atoms with Crippen LogP contribution >= 0.6 is 0 Å². The summed E-state index contributed by atoms with van der Waals surface area (Å²) < 4.78 is 12.8. The molecule has 0 atom stereocenters. The first-order valence-corrected chi connectivity index (χ1v) is 8.03. The van der Waals surface area contributed by atoms with Crippen LogP contribution in [0.3, 0.4) is 0 Å². The molecule has 0 radical (unpaired) electrons. The number of nitrogens with zero attached hydrogens (tertiary/aromatic N) is 1. The fourth-order valence-corrected chi connectivity index (χ4v) is 3.01. The van der Waals surface area contributed by atoms with Gasteiger partial charge >= 0.3 is 0 Å². The predicted molar refractivity (Wildman–Crippen MR) is 98.4 cm³/mol. The van der Waals surface area contributed by atoms with Gasteiger partial charge in [0.05, 0.1) is 12.6 Å². The molecule has 0 unspecified atom stereocenters. The van der Waals surface area contributed by atoms with E-state index in [-0.39, 0.29) is 5.56 Å². The van der Waals surface area contributed by atoms with Crippen molar-refractivity contribution in [2.45, 2.75) is 6.61 Å². The lowest BCUT2D eigenvalue weighted by atomic mass is 10.1. The molecule has 5 heteroatoms. The normalized spacial score (nSPS) is 11.1. The van der Waals surface area contributed by atoms with E-state index in [0.29, 0.717) is 12.1 Å². The van der Waals surface area contributed by atoms with Crippen LogP contribution in [-0.2, 0) is 13.7 Å². The van der Waals surface area contributed by atoms with Gasteiger partial charge in [-0.05, 0) is 35.9 Å². The molecule has 0 aliphatic carbocycles. The average molecular weight is 334 g/mol. The Morgan fingerprint density at radius 2 is 1.88 bits per heavy atom. The lowest BCUT2D eigenvalue weighted by Gasteiger charge is -2.09. The zero-order chi connectivity index (χ0) is 17.4. The van der Waals surface area contributed by atoms with Gasteiger partial charge in [0.2, 0.25) is 0 Å². The number of hydrogen-bond donors (Lipinski definition) is 1. The molecule has 2 aromatic heterocycles. The highest BCUT2D eigenvalue weighted by Crippen LogP contribution is 2.32. The van der Waals surface area contributed by atoms with Crippen molar-refractivity contribution in [2.75, 3.05) is 7.11 Å². The first-order chi connectivity index (χ1) is 12.2. The fourth-order valence-electron chi connectivity index (χ4n) is 3.01. The molecule has 0 fully saturated rings. The summed E-state index contributed by atoms with van der Waals surface area (Å²) in [5.41, 5.74) is 2.49. The predicted octanol–water partition coefficient (Wildman–Crippen LogP) is 3.61. The summed E-state index contributed by atoms with van der Waals surface area (Å²) in [4.78, 5) is 15.5. The molecule has 0 saturated heterocycles. The molecule has 4 rings (SSSR count). The van der Waals surface area contributed by atoms with Gasteiger partial charge in [-0.25, -0.2) is 0 Å². The molecule has 126 valence electrons. The summed E-state index contributed by atoms with van der Waals surface area (Å²) in [5, 5.41) is 1.81. The second-order valence-corrected chi connectivity index (χ2v) is 5.96. The molecule has 0 aliphatic rings. The van der Waals surface area contributed by atoms with Crippen LogP contribution in [0.15, 0.2) is 59.5 Å². The van der Waals surface area contributed by atoms with Crippen LogP contribution in [0.4, 0.5) is 0 Å². The van der Waals surface area contributed by atoms with Crippen LogP contribution in [-0.4, -0.2) is 16.7 Å². The quantitative estimate of drug-likeness (QED) is 0.620. The van der Waals surface area contributed by atoms with Crippen molar-refractivity contribution in [1.82, 2.24) is 9.55 Å². The summed E-state index contributed by atoms with van der Waals surface area (Å²) in [7, 11) is 3.39. The number of aromatic nitrogens is 2. The van der Waals surface area contributed by atoms with Crippen LogP contribution in [0.25, 0.3) is 21.8 Å². The van der Waals surface area contributed by atoms with Crippen molar-refractivity contribution in [2.24, 2.45) is 7.05 Å². The molecule has 2 heterocycles. The van der Waals surface area contributed by atoms with Gasteiger partial charge in [0.25, 0.3) is 5.56 Å². The Morgan fingerprint density at radius 1 is 1.08 bits per heavy atom. The van der Waals surface area contributed by atoms with Crippen molar-refractivity contribution in [1.29, 1.82) is 0 Å². The number of pyridine rings is 1. The first-order valence-electron chi connectivity index (χ1n) is 8.03. The van der Waals surface area contributed by atoms with E-state index in [2.05, 4.69) is 4.98 Å². The van der Waals surface area contributed by atoms with Crippen LogP contribution in [0.1, 0.15) is 5.56 Å². The number of methoxy groups -OCH3 is 1. The second kappa shape index (κ2) is 6.02. The summed E-state index contributed by atoms with van der Waals surface area (Å²) in [6, 6.07) is 15.5. The molecule has 25 heavy (non-hydrogen) atoms. The highest BCUT2D eigenvalue weighted by atomic mass is 16.5. The SMILES string of the molecule is COc1ccc(COc2cccc3[nH]c4c(=O)n(C)ccc4c23)cc1. The van der Waals surface area contributed by atoms with E-state index < -0.39 is 0 Å². The van der Waals surface area contributed by atoms with Crippen molar-refractivity contribution in [3.8, 4) is 11.5 Å². The third kappa shape index (κ3) is 2.63. The van der Waals surface area contributed by atoms with E-state index in [1.165, 1.54) is 0 Å². The fraction of sp³-hybridized carbons (Fsp3) is 0.150. The van der Waals surface area contributed by atoms with Gasteiger partial charge in [-0.2, -0.15) is 0 Å². The molecule has 0 saturated carbocycles. The largest absolute Gasteiger partial charge is 0.497 e. The van der Waals surface area contributed by atoms with Gasteiger partial charge in [-0.3, -0.25) is 4.79 Å². The number of fused-ring (bicyclic) bond motifs is 3. The van der Waals surface area contributed by atoms with Crippen LogP contribution in [0.2, 0.25) is 0 Å². The van der Waals surface area contributed by atoms with Crippen molar-refractivity contribution < 1.29 is 9.47 Å². The van der Waals surface area contributed by atoms with E-state index in [1.807, 2.05) is 48.5 Å². The number of H-pyrrole nitrogens is 1. The molecule has 2 aromatic carbocycles. The van der Waals surface area contributed by atoms with Crippen LogP contribution < -0.4 is 15.0 Å². The number of rotatable bonds is 4. The van der Waals surface area contributed by atoms with Gasteiger partial charge in [0.15, 0.2) is 0 Å². The summed E-state index contributed by atoms with van der Waals surface area (Å²) in [6.07, 6.45) is 1.78. The molecule has 1 N–H and O–H groups in total. The van der Waals surface area contributed by atoms with Gasteiger partial charge in [0, 0.05) is 24.0 Å². The number of hydrogen-bond acceptors (Lipinski definition) is 3. The Balaban J connectivity index is 1.74. The maximum atomic E-state index is 12.3. The van der Waals surface area contributed by atoms with E-state index in [4.69, 9.17) is 9.47 Å². The average Bonchev–Trinajstić information content (AvgIpc) is 3.03. The Morgan fingerprint density at radius 3 is 2.64 bits per heavy atom. The third-order valence-electron chi connectivity index (χ3n) is 4.38. The zero-order valence-corrected chi connectivity index (χ0v) is 14.1. The monoisotopic (exact) mass is 334 g/mol.